The van der Waals surface area contributed by atoms with Crippen LogP contribution in [0.15, 0.2) is 48.5 Å². The van der Waals surface area contributed by atoms with Crippen molar-refractivity contribution in [3.63, 3.8) is 0 Å². The van der Waals surface area contributed by atoms with Gasteiger partial charge in [0.2, 0.25) is 5.91 Å². The van der Waals surface area contributed by atoms with E-state index in [1.165, 1.54) is 17.4 Å². The van der Waals surface area contributed by atoms with Gasteiger partial charge in [-0.1, -0.05) is 24.3 Å². The molecule has 0 saturated heterocycles. The number of amides is 2. The third kappa shape index (κ3) is 4.14. The fraction of sp³-hybridized carbons (Fsp3) is 0.238. The van der Waals surface area contributed by atoms with Gasteiger partial charge in [0.05, 0.1) is 11.4 Å². The lowest BCUT2D eigenvalue weighted by Gasteiger charge is -2.09. The normalized spacial score (nSPS) is 13.3. The first-order valence-corrected chi connectivity index (χ1v) is 9.89. The molecule has 2 amide bonds. The van der Waals surface area contributed by atoms with Gasteiger partial charge < -0.3 is 15.4 Å². The summed E-state index contributed by atoms with van der Waals surface area (Å²) in [6.07, 6.45) is 1.96. The van der Waals surface area contributed by atoms with Crippen LogP contribution in [-0.2, 0) is 11.4 Å². The van der Waals surface area contributed by atoms with Crippen LogP contribution >= 0.6 is 11.3 Å². The first-order valence-electron chi connectivity index (χ1n) is 9.07. The Hall–Kier alpha value is -2.93. The number of hydrogen-bond donors (Lipinski definition) is 2. The van der Waals surface area contributed by atoms with Crippen molar-refractivity contribution in [1.29, 1.82) is 0 Å². The summed E-state index contributed by atoms with van der Waals surface area (Å²) >= 11 is 1.20. The van der Waals surface area contributed by atoms with Gasteiger partial charge in [0.15, 0.2) is 0 Å². The number of carbonyl (C=O) groups excluding carboxylic acids is 2. The molecule has 2 N–H and O–H groups in total. The topological polar surface area (TPSA) is 67.4 Å². The number of fused-ring (bicyclic) bond motifs is 1. The number of ether oxygens (including phenoxy) is 1. The highest BCUT2D eigenvalue weighted by Gasteiger charge is 2.25. The fourth-order valence-corrected chi connectivity index (χ4v) is 4.05. The molecule has 1 heterocycles. The highest BCUT2D eigenvalue weighted by molar-refractivity contribution is 7.21. The van der Waals surface area contributed by atoms with Crippen LogP contribution in [0.1, 0.15) is 28.1 Å². The van der Waals surface area contributed by atoms with Crippen molar-refractivity contribution in [2.75, 3.05) is 6.54 Å². The van der Waals surface area contributed by atoms with E-state index >= 15 is 0 Å². The molecule has 2 aromatic carbocycles. The van der Waals surface area contributed by atoms with E-state index in [1.54, 1.807) is 24.3 Å². The van der Waals surface area contributed by atoms with Crippen LogP contribution < -0.4 is 15.4 Å². The van der Waals surface area contributed by atoms with Gasteiger partial charge in [-0.25, -0.2) is 4.39 Å². The quantitative estimate of drug-likeness (QED) is 0.639. The van der Waals surface area contributed by atoms with Crippen LogP contribution in [0.25, 0.3) is 10.1 Å². The van der Waals surface area contributed by atoms with Crippen molar-refractivity contribution >= 4 is 33.2 Å². The van der Waals surface area contributed by atoms with Crippen LogP contribution in [-0.4, -0.2) is 24.4 Å². The van der Waals surface area contributed by atoms with Crippen LogP contribution in [0.2, 0.25) is 0 Å². The molecular formula is C21H19FN2O3S. The highest BCUT2D eigenvalue weighted by Crippen LogP contribution is 2.34. The predicted octanol–water partition coefficient (Wildman–Crippen LogP) is 3.63. The minimum Gasteiger partial charge on any atom is -0.489 e. The Morgan fingerprint density at radius 2 is 1.89 bits per heavy atom. The van der Waals surface area contributed by atoms with E-state index in [1.807, 2.05) is 18.2 Å². The van der Waals surface area contributed by atoms with Crippen LogP contribution in [0, 0.1) is 5.82 Å². The summed E-state index contributed by atoms with van der Waals surface area (Å²) in [6, 6.07) is 14.1. The van der Waals surface area contributed by atoms with Gasteiger partial charge >= 0.3 is 0 Å². The molecule has 1 fully saturated rings. The third-order valence-electron chi connectivity index (χ3n) is 4.45. The maximum Gasteiger partial charge on any atom is 0.262 e. The Morgan fingerprint density at radius 3 is 2.64 bits per heavy atom. The van der Waals surface area contributed by atoms with Gasteiger partial charge in [0, 0.05) is 21.7 Å². The van der Waals surface area contributed by atoms with Gasteiger partial charge in [-0.3, -0.25) is 9.59 Å². The zero-order valence-corrected chi connectivity index (χ0v) is 15.9. The standard InChI is InChI=1S/C21H19FN2O3S/c22-16-7-4-8-17-19(16)15(12-27-14-5-2-1-3-6-14)20(28-17)21(26)23-11-18(25)24-13-9-10-13/h1-8,13H,9-12H2,(H,23,26)(H,24,25). The summed E-state index contributed by atoms with van der Waals surface area (Å²) in [6.45, 7) is -0.0486. The number of rotatable bonds is 7. The second-order valence-electron chi connectivity index (χ2n) is 6.65. The maximum absolute atomic E-state index is 14.5. The Morgan fingerprint density at radius 1 is 1.11 bits per heavy atom. The largest absolute Gasteiger partial charge is 0.489 e. The Bertz CT molecular complexity index is 1020. The molecule has 28 heavy (non-hydrogen) atoms. The number of para-hydroxylation sites is 1. The molecule has 7 heteroatoms. The lowest BCUT2D eigenvalue weighted by atomic mass is 10.1. The summed E-state index contributed by atoms with van der Waals surface area (Å²) in [4.78, 5) is 24.9. The van der Waals surface area contributed by atoms with Gasteiger partial charge in [0.1, 0.15) is 18.2 Å². The number of benzene rings is 2. The molecule has 3 aromatic rings. The SMILES string of the molecule is O=C(CNC(=O)c1sc2cccc(F)c2c1COc1ccccc1)NC1CC1. The first kappa shape index (κ1) is 18.4. The van der Waals surface area contributed by atoms with Crippen molar-refractivity contribution in [2.24, 2.45) is 0 Å². The van der Waals surface area contributed by atoms with Gasteiger partial charge in [0.25, 0.3) is 5.91 Å². The van der Waals surface area contributed by atoms with E-state index in [9.17, 15) is 14.0 Å². The monoisotopic (exact) mass is 398 g/mol. The fourth-order valence-electron chi connectivity index (χ4n) is 2.91. The number of carbonyl (C=O) groups is 2. The molecule has 0 unspecified atom stereocenters. The molecule has 5 nitrogen and oxygen atoms in total. The summed E-state index contributed by atoms with van der Waals surface area (Å²) in [5.41, 5.74) is 0.488. The Labute approximate surface area is 165 Å². The molecule has 144 valence electrons. The number of hydrogen-bond acceptors (Lipinski definition) is 4. The zero-order valence-electron chi connectivity index (χ0n) is 15.0. The van der Waals surface area contributed by atoms with Crippen molar-refractivity contribution in [1.82, 2.24) is 10.6 Å². The minimum absolute atomic E-state index is 0.0575. The van der Waals surface area contributed by atoms with Crippen LogP contribution in [0.5, 0.6) is 5.75 Å². The zero-order chi connectivity index (χ0) is 19.5. The summed E-state index contributed by atoms with van der Waals surface area (Å²) in [7, 11) is 0. The van der Waals surface area contributed by atoms with Gasteiger partial charge in [-0.2, -0.15) is 0 Å². The Balaban J connectivity index is 1.56. The van der Waals surface area contributed by atoms with E-state index < -0.39 is 11.7 Å². The summed E-state index contributed by atoms with van der Waals surface area (Å²) in [5.74, 6) is -0.386. The molecule has 1 aliphatic carbocycles. The molecular weight excluding hydrogens is 379 g/mol. The van der Waals surface area contributed by atoms with Gasteiger partial charge in [-0.05, 0) is 37.1 Å². The first-order chi connectivity index (χ1) is 13.6. The van der Waals surface area contributed by atoms with Crippen molar-refractivity contribution in [3.8, 4) is 5.75 Å². The van der Waals surface area contributed by atoms with E-state index in [4.69, 9.17) is 4.74 Å². The highest BCUT2D eigenvalue weighted by atomic mass is 32.1. The van der Waals surface area contributed by atoms with Crippen molar-refractivity contribution < 1.29 is 18.7 Å². The van der Waals surface area contributed by atoms with Crippen molar-refractivity contribution in [3.05, 3.63) is 64.8 Å². The smallest absolute Gasteiger partial charge is 0.262 e. The van der Waals surface area contributed by atoms with E-state index in [2.05, 4.69) is 10.6 Å². The molecule has 0 aliphatic heterocycles. The van der Waals surface area contributed by atoms with E-state index in [0.717, 1.165) is 12.8 Å². The second-order valence-corrected chi connectivity index (χ2v) is 7.70. The molecule has 1 aromatic heterocycles. The van der Waals surface area contributed by atoms with Crippen LogP contribution in [0.4, 0.5) is 4.39 Å². The lowest BCUT2D eigenvalue weighted by Crippen LogP contribution is -2.37. The minimum atomic E-state index is -0.404. The Kier molecular flexibility index (Phi) is 5.25. The molecule has 0 spiro atoms. The average molecular weight is 398 g/mol. The van der Waals surface area contributed by atoms with Crippen molar-refractivity contribution in [2.45, 2.75) is 25.5 Å². The molecule has 1 aliphatic rings. The van der Waals surface area contributed by atoms with Gasteiger partial charge in [-0.15, -0.1) is 11.3 Å². The molecule has 0 bridgehead atoms. The number of nitrogens with one attached hydrogen (secondary N) is 2. The number of halogens is 1. The summed E-state index contributed by atoms with van der Waals surface area (Å²) in [5, 5.41) is 5.84. The molecule has 1 saturated carbocycles. The van der Waals surface area contributed by atoms with E-state index in [-0.39, 0.29) is 25.1 Å². The maximum atomic E-state index is 14.5. The molecule has 0 radical (unpaired) electrons. The van der Waals surface area contributed by atoms with Crippen LogP contribution in [0.3, 0.4) is 0 Å². The van der Waals surface area contributed by atoms with E-state index in [0.29, 0.717) is 26.3 Å². The predicted molar refractivity (Wildman–Crippen MR) is 106 cm³/mol. The molecule has 4 rings (SSSR count). The third-order valence-corrected chi connectivity index (χ3v) is 5.64. The number of thiophene rings is 1. The second kappa shape index (κ2) is 7.98. The lowest BCUT2D eigenvalue weighted by molar-refractivity contribution is -0.120. The molecule has 0 atom stereocenters. The average Bonchev–Trinajstić information content (AvgIpc) is 3.43. The summed E-state index contributed by atoms with van der Waals surface area (Å²) < 4.78 is 20.9.